The molecule has 140 valence electrons. The van der Waals surface area contributed by atoms with Crippen LogP contribution < -0.4 is 0 Å². The molecule has 0 aliphatic carbocycles. The lowest BCUT2D eigenvalue weighted by molar-refractivity contribution is -0.123. The fourth-order valence-electron chi connectivity index (χ4n) is 2.30. The van der Waals surface area contributed by atoms with Crippen LogP contribution in [0.25, 0.3) is 6.08 Å². The van der Waals surface area contributed by atoms with Gasteiger partial charge in [0.1, 0.15) is 11.5 Å². The van der Waals surface area contributed by atoms with E-state index in [1.165, 1.54) is 25.3 Å². The van der Waals surface area contributed by atoms with Crippen molar-refractivity contribution in [1.82, 2.24) is 4.90 Å². The summed E-state index contributed by atoms with van der Waals surface area (Å²) in [6.45, 7) is -0.118. The predicted molar refractivity (Wildman–Crippen MR) is 105 cm³/mol. The van der Waals surface area contributed by atoms with Gasteiger partial charge in [-0.25, -0.2) is 4.79 Å². The molecule has 0 unspecified atom stereocenters. The number of phenolic OH excluding ortho intramolecular Hbond substituents is 1. The van der Waals surface area contributed by atoms with Gasteiger partial charge in [-0.05, 0) is 58.0 Å². The summed E-state index contributed by atoms with van der Waals surface area (Å²) in [7, 11) is 1.22. The summed E-state index contributed by atoms with van der Waals surface area (Å²) in [6.07, 6.45) is 1.44. The number of imide groups is 1. The molecule has 1 N–H and O–H groups in total. The van der Waals surface area contributed by atoms with E-state index < -0.39 is 17.1 Å². The maximum absolute atomic E-state index is 12.6. The van der Waals surface area contributed by atoms with Crippen molar-refractivity contribution in [2.24, 2.45) is 0 Å². The van der Waals surface area contributed by atoms with Gasteiger partial charge >= 0.3 is 5.97 Å². The molecular formula is C17H11Br2NO6S. The molecule has 1 aromatic heterocycles. The van der Waals surface area contributed by atoms with Crippen molar-refractivity contribution < 1.29 is 28.6 Å². The van der Waals surface area contributed by atoms with E-state index in [2.05, 4.69) is 36.6 Å². The van der Waals surface area contributed by atoms with Gasteiger partial charge in [0.2, 0.25) is 5.76 Å². The molecular weight excluding hydrogens is 506 g/mol. The van der Waals surface area contributed by atoms with Crippen LogP contribution in [0.4, 0.5) is 4.79 Å². The lowest BCUT2D eigenvalue weighted by atomic mass is 10.2. The minimum Gasteiger partial charge on any atom is -0.506 e. The average Bonchev–Trinajstić information content (AvgIpc) is 3.19. The third kappa shape index (κ3) is 4.12. The number of furan rings is 1. The van der Waals surface area contributed by atoms with Gasteiger partial charge in [-0.3, -0.25) is 14.5 Å². The highest BCUT2D eigenvalue weighted by Gasteiger charge is 2.36. The number of hydrogen-bond donors (Lipinski definition) is 1. The number of carbonyl (C=O) groups is 3. The van der Waals surface area contributed by atoms with Crippen molar-refractivity contribution in [3.05, 3.63) is 55.2 Å². The molecule has 2 heterocycles. The lowest BCUT2D eigenvalue weighted by Gasteiger charge is -2.10. The maximum Gasteiger partial charge on any atom is 0.373 e. The molecule has 0 bridgehead atoms. The van der Waals surface area contributed by atoms with Gasteiger partial charge in [-0.15, -0.1) is 0 Å². The van der Waals surface area contributed by atoms with Crippen LogP contribution in [0, 0.1) is 0 Å². The van der Waals surface area contributed by atoms with E-state index in [9.17, 15) is 19.5 Å². The molecule has 0 spiro atoms. The van der Waals surface area contributed by atoms with E-state index >= 15 is 0 Å². The first-order chi connectivity index (χ1) is 12.8. The number of nitrogens with zero attached hydrogens (tertiary/aromatic N) is 1. The van der Waals surface area contributed by atoms with Crippen LogP contribution in [0.2, 0.25) is 0 Å². The van der Waals surface area contributed by atoms with E-state index in [0.29, 0.717) is 14.5 Å². The summed E-state index contributed by atoms with van der Waals surface area (Å²) in [4.78, 5) is 37.4. The summed E-state index contributed by atoms with van der Waals surface area (Å²) in [5.41, 5.74) is 0.382. The molecule has 1 aromatic carbocycles. The van der Waals surface area contributed by atoms with Crippen LogP contribution in [-0.4, -0.2) is 34.2 Å². The minimum atomic E-state index is -0.647. The van der Waals surface area contributed by atoms with Gasteiger partial charge in [0.05, 0.1) is 23.0 Å². The number of thioether (sulfide) groups is 1. The highest BCUT2D eigenvalue weighted by atomic mass is 79.9. The predicted octanol–water partition coefficient (Wildman–Crippen LogP) is 4.53. The lowest BCUT2D eigenvalue weighted by Crippen LogP contribution is -2.27. The highest BCUT2D eigenvalue weighted by molar-refractivity contribution is 9.11. The van der Waals surface area contributed by atoms with Crippen LogP contribution in [-0.2, 0) is 16.1 Å². The molecule has 1 fully saturated rings. The topological polar surface area (TPSA) is 97.0 Å². The van der Waals surface area contributed by atoms with Crippen LogP contribution in [0.5, 0.6) is 5.75 Å². The summed E-state index contributed by atoms with van der Waals surface area (Å²) >= 11 is 7.29. The van der Waals surface area contributed by atoms with Gasteiger partial charge in [0.25, 0.3) is 11.1 Å². The Kier molecular flexibility index (Phi) is 5.78. The second-order valence-electron chi connectivity index (χ2n) is 5.35. The Hall–Kier alpha value is -2.04. The Labute approximate surface area is 174 Å². The summed E-state index contributed by atoms with van der Waals surface area (Å²) < 4.78 is 11.0. The average molecular weight is 517 g/mol. The number of phenols is 1. The SMILES string of the molecule is COC(=O)c1ccc(CN2C(=O)S/C(=C/c3cc(Br)cc(Br)c3O)C2=O)o1. The van der Waals surface area contributed by atoms with Gasteiger partial charge in [-0.2, -0.15) is 0 Å². The summed E-state index contributed by atoms with van der Waals surface area (Å²) in [6, 6.07) is 6.20. The Morgan fingerprint density at radius 2 is 2.07 bits per heavy atom. The molecule has 27 heavy (non-hydrogen) atoms. The zero-order valence-electron chi connectivity index (χ0n) is 13.7. The van der Waals surface area contributed by atoms with Crippen molar-refractivity contribution in [3.63, 3.8) is 0 Å². The van der Waals surface area contributed by atoms with E-state index in [-0.39, 0.29) is 28.7 Å². The zero-order chi connectivity index (χ0) is 19.7. The van der Waals surface area contributed by atoms with E-state index in [0.717, 1.165) is 16.7 Å². The van der Waals surface area contributed by atoms with Gasteiger partial charge in [-0.1, -0.05) is 15.9 Å². The van der Waals surface area contributed by atoms with Crippen molar-refractivity contribution >= 4 is 66.8 Å². The number of carbonyl (C=O) groups excluding carboxylic acids is 3. The number of esters is 1. The van der Waals surface area contributed by atoms with E-state index in [4.69, 9.17) is 4.42 Å². The van der Waals surface area contributed by atoms with Gasteiger partial charge < -0.3 is 14.3 Å². The molecule has 1 aliphatic heterocycles. The molecule has 0 atom stereocenters. The van der Waals surface area contributed by atoms with Crippen molar-refractivity contribution in [1.29, 1.82) is 0 Å². The Morgan fingerprint density at radius 1 is 1.33 bits per heavy atom. The third-order valence-corrected chi connectivity index (χ3v) is 5.55. The molecule has 7 nitrogen and oxygen atoms in total. The quantitative estimate of drug-likeness (QED) is 0.470. The van der Waals surface area contributed by atoms with Crippen LogP contribution in [0.15, 0.2) is 42.5 Å². The Bertz CT molecular complexity index is 984. The fraction of sp³-hybridized carbons (Fsp3) is 0.118. The zero-order valence-corrected chi connectivity index (χ0v) is 17.7. The molecule has 2 amide bonds. The first-order valence-electron chi connectivity index (χ1n) is 7.40. The number of amides is 2. The van der Waals surface area contributed by atoms with Crippen molar-refractivity contribution in [3.8, 4) is 5.75 Å². The summed E-state index contributed by atoms with van der Waals surface area (Å²) in [5, 5.41) is 9.65. The minimum absolute atomic E-state index is 0.0149. The molecule has 1 saturated heterocycles. The Morgan fingerprint density at radius 3 is 2.78 bits per heavy atom. The first kappa shape index (κ1) is 19.7. The van der Waals surface area contributed by atoms with E-state index in [1.54, 1.807) is 12.1 Å². The van der Waals surface area contributed by atoms with Crippen LogP contribution in [0.3, 0.4) is 0 Å². The fourth-order valence-corrected chi connectivity index (χ4v) is 4.39. The molecule has 0 radical (unpaired) electrons. The summed E-state index contributed by atoms with van der Waals surface area (Å²) in [5.74, 6) is -0.952. The molecule has 2 aromatic rings. The smallest absolute Gasteiger partial charge is 0.373 e. The maximum atomic E-state index is 12.6. The van der Waals surface area contributed by atoms with Gasteiger partial charge in [0.15, 0.2) is 0 Å². The van der Waals surface area contributed by atoms with Crippen molar-refractivity contribution in [2.75, 3.05) is 7.11 Å². The van der Waals surface area contributed by atoms with Gasteiger partial charge in [0, 0.05) is 10.0 Å². The third-order valence-electron chi connectivity index (χ3n) is 3.58. The molecule has 3 rings (SSSR count). The highest BCUT2D eigenvalue weighted by Crippen LogP contribution is 2.38. The number of methoxy groups -OCH3 is 1. The second kappa shape index (κ2) is 7.91. The monoisotopic (exact) mass is 515 g/mol. The first-order valence-corrected chi connectivity index (χ1v) is 9.81. The Balaban J connectivity index is 1.83. The largest absolute Gasteiger partial charge is 0.506 e. The standard InChI is InChI=1S/C17H11Br2NO6S/c1-25-16(23)12-3-2-10(26-12)7-20-15(22)13(27-17(20)24)5-8-4-9(18)6-11(19)14(8)21/h2-6,21H,7H2,1H3/b13-5+. The van der Waals surface area contributed by atoms with Crippen LogP contribution in [0.1, 0.15) is 21.9 Å². The van der Waals surface area contributed by atoms with E-state index in [1.807, 2.05) is 0 Å². The molecule has 1 aliphatic rings. The van der Waals surface area contributed by atoms with Crippen LogP contribution >= 0.6 is 43.6 Å². The normalized spacial score (nSPS) is 15.7. The number of ether oxygens (including phenoxy) is 1. The molecule has 10 heteroatoms. The number of halogens is 2. The number of hydrogen-bond acceptors (Lipinski definition) is 7. The number of aromatic hydroxyl groups is 1. The molecule has 0 saturated carbocycles. The van der Waals surface area contributed by atoms with Crippen molar-refractivity contribution in [2.45, 2.75) is 6.54 Å². The number of benzene rings is 1. The second-order valence-corrected chi connectivity index (χ2v) is 8.11. The number of rotatable bonds is 4.